The number of aromatic nitrogens is 3. The van der Waals surface area contributed by atoms with Crippen molar-refractivity contribution in [2.45, 2.75) is 33.3 Å². The van der Waals surface area contributed by atoms with Gasteiger partial charge in [-0.25, -0.2) is 14.8 Å². The van der Waals surface area contributed by atoms with Crippen LogP contribution in [0.3, 0.4) is 0 Å². The minimum atomic E-state index is -0.933. The van der Waals surface area contributed by atoms with E-state index in [4.69, 9.17) is 4.74 Å². The van der Waals surface area contributed by atoms with Crippen LogP contribution in [-0.4, -0.2) is 32.9 Å². The quantitative estimate of drug-likeness (QED) is 0.287. The Balaban J connectivity index is 1.30. The van der Waals surface area contributed by atoms with Crippen molar-refractivity contribution in [3.05, 3.63) is 77.4 Å². The summed E-state index contributed by atoms with van der Waals surface area (Å²) in [6, 6.07) is 19.1. The first-order valence-electron chi connectivity index (χ1n) is 11.4. The molecule has 0 saturated heterocycles. The lowest BCUT2D eigenvalue weighted by molar-refractivity contribution is -0.124. The van der Waals surface area contributed by atoms with Gasteiger partial charge in [-0.2, -0.15) is 0 Å². The summed E-state index contributed by atoms with van der Waals surface area (Å²) in [7, 11) is 0. The number of aryl methyl sites for hydroxylation is 2. The van der Waals surface area contributed by atoms with Crippen molar-refractivity contribution in [1.82, 2.24) is 15.0 Å². The Morgan fingerprint density at radius 1 is 0.971 bits per heavy atom. The molecule has 2 aromatic heterocycles. The molecule has 0 bridgehead atoms. The number of thiazole rings is 1. The van der Waals surface area contributed by atoms with Gasteiger partial charge in [-0.1, -0.05) is 54.2 Å². The van der Waals surface area contributed by atoms with Gasteiger partial charge in [0.2, 0.25) is 0 Å². The number of benzene rings is 3. The fourth-order valence-electron chi connectivity index (χ4n) is 3.78. The molecule has 0 aliphatic heterocycles. The summed E-state index contributed by atoms with van der Waals surface area (Å²) in [5, 5.41) is 3.27. The number of rotatable bonds is 6. The van der Waals surface area contributed by atoms with E-state index in [0.29, 0.717) is 17.1 Å². The Kier molecular flexibility index (Phi) is 6.05. The summed E-state index contributed by atoms with van der Waals surface area (Å²) in [5.74, 6) is -0.247. The van der Waals surface area contributed by atoms with Crippen LogP contribution in [-0.2, 0) is 9.53 Å². The van der Waals surface area contributed by atoms with Gasteiger partial charge in [-0.3, -0.25) is 10.1 Å². The highest BCUT2D eigenvalue weighted by atomic mass is 32.1. The first kappa shape index (κ1) is 22.7. The highest BCUT2D eigenvalue weighted by Gasteiger charge is 2.23. The minimum absolute atomic E-state index is 0.339. The summed E-state index contributed by atoms with van der Waals surface area (Å²) in [6.07, 6.45) is -0.595. The first-order chi connectivity index (χ1) is 16.9. The first-order valence-corrected chi connectivity index (χ1v) is 12.2. The maximum atomic E-state index is 12.9. The molecule has 0 aliphatic rings. The van der Waals surface area contributed by atoms with Crippen LogP contribution in [0, 0.1) is 13.8 Å². The summed E-state index contributed by atoms with van der Waals surface area (Å²) in [5.41, 5.74) is 5.88. The molecule has 1 unspecified atom stereocenters. The summed E-state index contributed by atoms with van der Waals surface area (Å²) in [6.45, 7) is 5.84. The maximum Gasteiger partial charge on any atom is 0.338 e. The number of ether oxygens (including phenoxy) is 1. The van der Waals surface area contributed by atoms with Crippen LogP contribution in [0.4, 0.5) is 5.13 Å². The van der Waals surface area contributed by atoms with Crippen LogP contribution in [0.1, 0.15) is 34.8 Å². The Morgan fingerprint density at radius 2 is 1.71 bits per heavy atom. The van der Waals surface area contributed by atoms with E-state index in [0.717, 1.165) is 38.2 Å². The van der Waals surface area contributed by atoms with Crippen LogP contribution in [0.15, 0.2) is 60.7 Å². The number of imidazole rings is 1. The number of nitrogens with one attached hydrogen (secondary N) is 2. The lowest BCUT2D eigenvalue weighted by Gasteiger charge is -2.15. The van der Waals surface area contributed by atoms with Gasteiger partial charge in [0.1, 0.15) is 5.82 Å². The second-order valence-electron chi connectivity index (χ2n) is 8.47. The third kappa shape index (κ3) is 4.79. The molecule has 7 nitrogen and oxygen atoms in total. The number of carbonyl (C=O) groups is 2. The Hall–Kier alpha value is -4.04. The minimum Gasteiger partial charge on any atom is -0.449 e. The highest BCUT2D eigenvalue weighted by Crippen LogP contribution is 2.27. The zero-order valence-corrected chi connectivity index (χ0v) is 20.4. The number of hydrogen-bond acceptors (Lipinski definition) is 6. The van der Waals surface area contributed by atoms with E-state index in [-0.39, 0.29) is 0 Å². The number of anilines is 1. The van der Waals surface area contributed by atoms with Gasteiger partial charge in [0.15, 0.2) is 11.2 Å². The van der Waals surface area contributed by atoms with Crippen molar-refractivity contribution in [1.29, 1.82) is 0 Å². The normalized spacial score (nSPS) is 12.1. The van der Waals surface area contributed by atoms with E-state index < -0.39 is 18.0 Å². The van der Waals surface area contributed by atoms with Crippen molar-refractivity contribution in [3.8, 4) is 11.4 Å². The van der Waals surface area contributed by atoms with Crippen LogP contribution in [0.25, 0.3) is 32.6 Å². The number of amides is 1. The molecule has 1 amide bonds. The molecule has 8 heteroatoms. The van der Waals surface area contributed by atoms with Crippen molar-refractivity contribution < 1.29 is 14.3 Å². The van der Waals surface area contributed by atoms with Crippen LogP contribution in [0.2, 0.25) is 0 Å². The number of aromatic amines is 1. The number of nitrogens with zero attached hydrogens (tertiary/aromatic N) is 2. The van der Waals surface area contributed by atoms with Crippen molar-refractivity contribution >= 4 is 49.6 Å². The molecular formula is C27H24N4O3S. The molecule has 0 fully saturated rings. The molecule has 1 atom stereocenters. The molecule has 5 aromatic rings. The van der Waals surface area contributed by atoms with Gasteiger partial charge in [0.05, 0.1) is 26.8 Å². The van der Waals surface area contributed by atoms with Crippen LogP contribution >= 0.6 is 11.3 Å². The van der Waals surface area contributed by atoms with Gasteiger partial charge in [0, 0.05) is 5.56 Å². The maximum absolute atomic E-state index is 12.9. The van der Waals surface area contributed by atoms with E-state index in [1.165, 1.54) is 16.9 Å². The van der Waals surface area contributed by atoms with Gasteiger partial charge in [0.25, 0.3) is 5.91 Å². The third-order valence-electron chi connectivity index (χ3n) is 5.73. The van der Waals surface area contributed by atoms with E-state index in [1.54, 1.807) is 25.1 Å². The standard InChI is InChI=1S/C27H24N4O3S/c1-4-22(25(32)31-27-30-20-11-7-16(3)13-23(20)35-27)34-26(33)18-10-12-19-21(14-18)29-24(28-19)17-8-5-15(2)6-9-17/h5-14,22H,4H2,1-3H3,(H,28,29)(H,30,31,32). The lowest BCUT2D eigenvalue weighted by Crippen LogP contribution is -2.32. The summed E-state index contributed by atoms with van der Waals surface area (Å²) in [4.78, 5) is 38.0. The molecule has 0 saturated carbocycles. The van der Waals surface area contributed by atoms with E-state index >= 15 is 0 Å². The zero-order chi connectivity index (χ0) is 24.5. The van der Waals surface area contributed by atoms with Crippen molar-refractivity contribution in [2.24, 2.45) is 0 Å². The zero-order valence-electron chi connectivity index (χ0n) is 19.6. The molecule has 2 N–H and O–H groups in total. The second kappa shape index (κ2) is 9.31. The molecule has 0 spiro atoms. The van der Waals surface area contributed by atoms with Gasteiger partial charge >= 0.3 is 5.97 Å². The van der Waals surface area contributed by atoms with Gasteiger partial charge in [-0.15, -0.1) is 0 Å². The third-order valence-corrected chi connectivity index (χ3v) is 6.66. The van der Waals surface area contributed by atoms with E-state index in [9.17, 15) is 9.59 Å². The number of esters is 1. The molecule has 5 rings (SSSR count). The fraction of sp³-hybridized carbons (Fsp3) is 0.185. The van der Waals surface area contributed by atoms with Crippen molar-refractivity contribution in [2.75, 3.05) is 5.32 Å². The smallest absolute Gasteiger partial charge is 0.338 e. The van der Waals surface area contributed by atoms with Gasteiger partial charge in [-0.05, 0) is 56.2 Å². The number of hydrogen-bond donors (Lipinski definition) is 2. The average molecular weight is 485 g/mol. The highest BCUT2D eigenvalue weighted by molar-refractivity contribution is 7.22. The summed E-state index contributed by atoms with van der Waals surface area (Å²) >= 11 is 1.39. The van der Waals surface area contributed by atoms with Crippen molar-refractivity contribution in [3.63, 3.8) is 0 Å². The monoisotopic (exact) mass is 484 g/mol. The Labute approximate surface area is 206 Å². The van der Waals surface area contributed by atoms with Crippen LogP contribution < -0.4 is 5.32 Å². The number of H-pyrrole nitrogens is 1. The topological polar surface area (TPSA) is 97.0 Å². The van der Waals surface area contributed by atoms with E-state index in [1.807, 2.05) is 56.3 Å². The molecular weight excluding hydrogens is 460 g/mol. The number of fused-ring (bicyclic) bond motifs is 2. The Morgan fingerprint density at radius 3 is 2.49 bits per heavy atom. The predicted octanol–water partition coefficient (Wildman–Crippen LogP) is 6.03. The van der Waals surface area contributed by atoms with E-state index in [2.05, 4.69) is 20.3 Å². The summed E-state index contributed by atoms with van der Waals surface area (Å²) < 4.78 is 6.55. The Bertz CT molecular complexity index is 1550. The average Bonchev–Trinajstić information content (AvgIpc) is 3.45. The predicted molar refractivity (Wildman–Crippen MR) is 139 cm³/mol. The second-order valence-corrected chi connectivity index (χ2v) is 9.50. The molecule has 3 aromatic carbocycles. The molecule has 0 radical (unpaired) electrons. The number of carbonyl (C=O) groups excluding carboxylic acids is 2. The lowest BCUT2D eigenvalue weighted by atomic mass is 10.1. The van der Waals surface area contributed by atoms with Crippen LogP contribution in [0.5, 0.6) is 0 Å². The SMILES string of the molecule is CCC(OC(=O)c1ccc2nc(-c3ccc(C)cc3)[nH]c2c1)C(=O)Nc1nc2ccc(C)cc2s1. The van der Waals surface area contributed by atoms with Gasteiger partial charge < -0.3 is 9.72 Å². The fourth-order valence-corrected chi connectivity index (χ4v) is 4.74. The molecule has 35 heavy (non-hydrogen) atoms. The molecule has 0 aliphatic carbocycles. The molecule has 2 heterocycles. The largest absolute Gasteiger partial charge is 0.449 e. The molecule has 176 valence electrons.